The lowest BCUT2D eigenvalue weighted by atomic mass is 9.88. The summed E-state index contributed by atoms with van der Waals surface area (Å²) in [5.74, 6) is 0.426. The van der Waals surface area contributed by atoms with Crippen LogP contribution >= 0.6 is 15.9 Å². The summed E-state index contributed by atoms with van der Waals surface area (Å²) in [6.07, 6.45) is 0.609. The fourth-order valence-electron chi connectivity index (χ4n) is 2.39. The predicted octanol–water partition coefficient (Wildman–Crippen LogP) is 4.43. The molecule has 1 atom stereocenters. The molecule has 0 bridgehead atoms. The van der Waals surface area contributed by atoms with Gasteiger partial charge in [-0.25, -0.2) is 0 Å². The lowest BCUT2D eigenvalue weighted by Crippen LogP contribution is -2.27. The van der Waals surface area contributed by atoms with Gasteiger partial charge in [-0.15, -0.1) is 0 Å². The number of carbonyl (C=O) groups is 1. The molecular weight excluding hydrogens is 396 g/mol. The van der Waals surface area contributed by atoms with E-state index in [1.165, 1.54) is 0 Å². The summed E-state index contributed by atoms with van der Waals surface area (Å²) in [4.78, 5) is 11.6. The zero-order valence-electron chi connectivity index (χ0n) is 15.4. The standard InChI is InChI=1S/C21H25BrO4/c1-20(2,22)19(23)26-15-7-14-25-18-12-10-17(11-13-18)21(3,24)16-8-5-4-6-9-16/h4-6,8-13,24H,7,14-15H2,1-3H3. The van der Waals surface area contributed by atoms with Gasteiger partial charge < -0.3 is 14.6 Å². The van der Waals surface area contributed by atoms with Crippen molar-refractivity contribution in [3.8, 4) is 5.75 Å². The monoisotopic (exact) mass is 420 g/mol. The quantitative estimate of drug-likeness (QED) is 0.389. The summed E-state index contributed by atoms with van der Waals surface area (Å²) >= 11 is 3.26. The molecule has 2 aromatic rings. The van der Waals surface area contributed by atoms with Crippen molar-refractivity contribution in [1.82, 2.24) is 0 Å². The number of hydrogen-bond donors (Lipinski definition) is 1. The highest BCUT2D eigenvalue weighted by molar-refractivity contribution is 9.10. The van der Waals surface area contributed by atoms with Gasteiger partial charge in [0.15, 0.2) is 0 Å². The number of carbonyl (C=O) groups excluding carboxylic acids is 1. The lowest BCUT2D eigenvalue weighted by Gasteiger charge is -2.24. The van der Waals surface area contributed by atoms with E-state index in [1.54, 1.807) is 20.8 Å². The Labute approximate surface area is 163 Å². The number of halogens is 1. The maximum atomic E-state index is 11.6. The Kier molecular flexibility index (Phi) is 6.84. The Morgan fingerprint density at radius 1 is 0.962 bits per heavy atom. The molecule has 0 saturated carbocycles. The first-order chi connectivity index (χ1) is 12.2. The molecule has 4 nitrogen and oxygen atoms in total. The highest BCUT2D eigenvalue weighted by atomic mass is 79.9. The Morgan fingerprint density at radius 2 is 1.54 bits per heavy atom. The van der Waals surface area contributed by atoms with E-state index >= 15 is 0 Å². The van der Waals surface area contributed by atoms with Gasteiger partial charge in [-0.1, -0.05) is 58.4 Å². The number of benzene rings is 2. The molecule has 0 aliphatic rings. The van der Waals surface area contributed by atoms with E-state index in [9.17, 15) is 9.90 Å². The van der Waals surface area contributed by atoms with Gasteiger partial charge in [-0.3, -0.25) is 4.79 Å². The van der Waals surface area contributed by atoms with Crippen LogP contribution in [0.25, 0.3) is 0 Å². The number of alkyl halides is 1. The summed E-state index contributed by atoms with van der Waals surface area (Å²) in [6.45, 7) is 6.03. The van der Waals surface area contributed by atoms with Crippen LogP contribution in [0.4, 0.5) is 0 Å². The summed E-state index contributed by atoms with van der Waals surface area (Å²) in [5, 5.41) is 10.8. The average molecular weight is 421 g/mol. The van der Waals surface area contributed by atoms with E-state index in [-0.39, 0.29) is 5.97 Å². The molecular formula is C21H25BrO4. The molecule has 0 amide bonds. The zero-order chi connectivity index (χ0) is 19.2. The zero-order valence-corrected chi connectivity index (χ0v) is 17.0. The van der Waals surface area contributed by atoms with Crippen molar-refractivity contribution < 1.29 is 19.4 Å². The Morgan fingerprint density at radius 3 is 2.12 bits per heavy atom. The van der Waals surface area contributed by atoms with Gasteiger partial charge in [0.1, 0.15) is 15.7 Å². The van der Waals surface area contributed by atoms with Gasteiger partial charge in [0.2, 0.25) is 0 Å². The molecule has 0 radical (unpaired) electrons. The third kappa shape index (κ3) is 5.58. The summed E-state index contributed by atoms with van der Waals surface area (Å²) in [6, 6.07) is 16.9. The molecule has 2 aromatic carbocycles. The number of esters is 1. The van der Waals surface area contributed by atoms with Crippen LogP contribution in [0.3, 0.4) is 0 Å². The van der Waals surface area contributed by atoms with Crippen molar-refractivity contribution >= 4 is 21.9 Å². The van der Waals surface area contributed by atoms with Gasteiger partial charge in [0.25, 0.3) is 0 Å². The molecule has 2 rings (SSSR count). The van der Waals surface area contributed by atoms with Crippen LogP contribution in [-0.4, -0.2) is 28.6 Å². The lowest BCUT2D eigenvalue weighted by molar-refractivity contribution is -0.145. The van der Waals surface area contributed by atoms with Crippen LogP contribution in [0.15, 0.2) is 54.6 Å². The minimum Gasteiger partial charge on any atom is -0.493 e. The normalized spacial score (nSPS) is 13.7. The minimum absolute atomic E-state index is 0.287. The smallest absolute Gasteiger partial charge is 0.322 e. The Balaban J connectivity index is 1.84. The van der Waals surface area contributed by atoms with E-state index in [0.717, 1.165) is 11.1 Å². The fraction of sp³-hybridized carbons (Fsp3) is 0.381. The molecule has 1 N–H and O–H groups in total. The first kappa shape index (κ1) is 20.5. The molecule has 1 unspecified atom stereocenters. The number of hydrogen-bond acceptors (Lipinski definition) is 4. The highest BCUT2D eigenvalue weighted by Gasteiger charge is 2.26. The van der Waals surface area contributed by atoms with Gasteiger partial charge in [0, 0.05) is 6.42 Å². The van der Waals surface area contributed by atoms with Crippen molar-refractivity contribution in [2.45, 2.75) is 37.1 Å². The van der Waals surface area contributed by atoms with E-state index < -0.39 is 9.93 Å². The summed E-state index contributed by atoms with van der Waals surface area (Å²) in [5.41, 5.74) is 0.575. The molecule has 0 aromatic heterocycles. The second kappa shape index (κ2) is 8.69. The number of rotatable bonds is 8. The molecule has 0 saturated heterocycles. The van der Waals surface area contributed by atoms with Crippen molar-refractivity contribution in [2.75, 3.05) is 13.2 Å². The van der Waals surface area contributed by atoms with Gasteiger partial charge in [-0.05, 0) is 44.0 Å². The average Bonchev–Trinajstić information content (AvgIpc) is 2.61. The van der Waals surface area contributed by atoms with Crippen molar-refractivity contribution in [3.63, 3.8) is 0 Å². The molecule has 0 fully saturated rings. The van der Waals surface area contributed by atoms with Crippen LogP contribution in [0.1, 0.15) is 38.3 Å². The topological polar surface area (TPSA) is 55.8 Å². The van der Waals surface area contributed by atoms with E-state index in [0.29, 0.717) is 25.4 Å². The summed E-state index contributed by atoms with van der Waals surface area (Å²) in [7, 11) is 0. The molecule has 0 spiro atoms. The Hall–Kier alpha value is -1.85. The van der Waals surface area contributed by atoms with Crippen molar-refractivity contribution in [1.29, 1.82) is 0 Å². The molecule has 5 heteroatoms. The predicted molar refractivity (Wildman–Crippen MR) is 106 cm³/mol. The Bertz CT molecular complexity index is 703. The maximum absolute atomic E-state index is 11.6. The minimum atomic E-state index is -1.06. The maximum Gasteiger partial charge on any atom is 0.322 e. The molecule has 26 heavy (non-hydrogen) atoms. The van der Waals surface area contributed by atoms with Crippen molar-refractivity contribution in [2.24, 2.45) is 0 Å². The van der Waals surface area contributed by atoms with Crippen LogP contribution in [0.2, 0.25) is 0 Å². The van der Waals surface area contributed by atoms with Gasteiger partial charge in [-0.2, -0.15) is 0 Å². The molecule has 0 aliphatic carbocycles. The third-order valence-corrected chi connectivity index (χ3v) is 4.35. The highest BCUT2D eigenvalue weighted by Crippen LogP contribution is 2.30. The third-order valence-electron chi connectivity index (χ3n) is 4.03. The number of ether oxygens (including phenoxy) is 2. The van der Waals surface area contributed by atoms with Gasteiger partial charge >= 0.3 is 5.97 Å². The fourth-order valence-corrected chi connectivity index (χ4v) is 2.50. The summed E-state index contributed by atoms with van der Waals surface area (Å²) < 4.78 is 10.2. The second-order valence-corrected chi connectivity index (χ2v) is 8.76. The molecule has 140 valence electrons. The van der Waals surface area contributed by atoms with Crippen LogP contribution in [-0.2, 0) is 15.1 Å². The van der Waals surface area contributed by atoms with E-state index in [1.807, 2.05) is 54.6 Å². The van der Waals surface area contributed by atoms with Crippen LogP contribution in [0, 0.1) is 0 Å². The van der Waals surface area contributed by atoms with Crippen LogP contribution < -0.4 is 4.74 Å². The van der Waals surface area contributed by atoms with E-state index in [4.69, 9.17) is 9.47 Å². The van der Waals surface area contributed by atoms with Crippen LogP contribution in [0.5, 0.6) is 5.75 Å². The van der Waals surface area contributed by atoms with E-state index in [2.05, 4.69) is 15.9 Å². The van der Waals surface area contributed by atoms with Gasteiger partial charge in [0.05, 0.1) is 13.2 Å². The second-order valence-electron chi connectivity index (χ2n) is 6.77. The van der Waals surface area contributed by atoms with Crippen molar-refractivity contribution in [3.05, 3.63) is 65.7 Å². The number of aliphatic hydroxyl groups is 1. The first-order valence-electron chi connectivity index (χ1n) is 8.58. The first-order valence-corrected chi connectivity index (χ1v) is 9.38. The molecule has 0 aliphatic heterocycles. The molecule has 0 heterocycles. The largest absolute Gasteiger partial charge is 0.493 e. The SMILES string of the molecule is CC(C)(Br)C(=O)OCCCOc1ccc(C(C)(O)c2ccccc2)cc1.